The topological polar surface area (TPSA) is 60.1 Å². The maximum absolute atomic E-state index is 13.6. The second kappa shape index (κ2) is 9.97. The normalized spacial score (nSPS) is 12.5. The summed E-state index contributed by atoms with van der Waals surface area (Å²) >= 11 is 12.2. The Labute approximate surface area is 229 Å². The molecule has 0 spiro atoms. The second-order valence-electron chi connectivity index (χ2n) is 9.18. The van der Waals surface area contributed by atoms with Crippen molar-refractivity contribution in [2.24, 2.45) is 0 Å². The standard InChI is InChI=1S/C30H22Cl2N4O2/c31-24-12-11-22(26(32)17-24)16-29(37)36-15-13-27(33-36)20-7-9-21(10-8-20)30(38)35-19-25-5-3-14-34(25)18-23-4-1-2-6-28(23)35/h1-15,17H,16,18-19H2. The van der Waals surface area contributed by atoms with Gasteiger partial charge in [-0.2, -0.15) is 5.10 Å². The first-order valence-electron chi connectivity index (χ1n) is 12.1. The highest BCUT2D eigenvalue weighted by atomic mass is 35.5. The molecule has 8 heteroatoms. The molecular formula is C30H22Cl2N4O2. The molecule has 0 bridgehead atoms. The Bertz CT molecular complexity index is 1670. The van der Waals surface area contributed by atoms with Crippen LogP contribution in [0.3, 0.4) is 0 Å². The van der Waals surface area contributed by atoms with Gasteiger partial charge in [0.25, 0.3) is 11.8 Å². The van der Waals surface area contributed by atoms with Crippen molar-refractivity contribution in [3.63, 3.8) is 0 Å². The van der Waals surface area contributed by atoms with E-state index in [-0.39, 0.29) is 18.2 Å². The number of benzene rings is 3. The fourth-order valence-electron chi connectivity index (χ4n) is 4.73. The van der Waals surface area contributed by atoms with E-state index in [0.717, 1.165) is 29.1 Å². The molecule has 0 unspecified atom stereocenters. The van der Waals surface area contributed by atoms with E-state index in [1.54, 1.807) is 42.6 Å². The van der Waals surface area contributed by atoms with Crippen LogP contribution in [0.25, 0.3) is 11.3 Å². The van der Waals surface area contributed by atoms with Crippen LogP contribution in [0.4, 0.5) is 5.69 Å². The number of carbonyl (C=O) groups is 2. The molecule has 2 aromatic heterocycles. The molecule has 0 saturated carbocycles. The molecule has 6 rings (SSSR count). The molecule has 3 heterocycles. The molecule has 1 aliphatic heterocycles. The molecule has 0 atom stereocenters. The largest absolute Gasteiger partial charge is 0.345 e. The number of carbonyl (C=O) groups excluding carboxylic acids is 2. The third-order valence-corrected chi connectivity index (χ3v) is 7.33. The van der Waals surface area contributed by atoms with Crippen LogP contribution in [0, 0.1) is 0 Å². The van der Waals surface area contributed by atoms with Gasteiger partial charge in [0.1, 0.15) is 0 Å². The minimum absolute atomic E-state index is 0.0702. The van der Waals surface area contributed by atoms with Gasteiger partial charge in [0.05, 0.1) is 18.7 Å². The predicted molar refractivity (Wildman–Crippen MR) is 149 cm³/mol. The highest BCUT2D eigenvalue weighted by molar-refractivity contribution is 6.35. The molecule has 0 saturated heterocycles. The van der Waals surface area contributed by atoms with Crippen LogP contribution in [-0.4, -0.2) is 26.2 Å². The third-order valence-electron chi connectivity index (χ3n) is 6.74. The third kappa shape index (κ3) is 4.64. The van der Waals surface area contributed by atoms with Crippen molar-refractivity contribution < 1.29 is 9.59 Å². The van der Waals surface area contributed by atoms with Crippen LogP contribution in [0.15, 0.2) is 97.3 Å². The number of para-hydroxylation sites is 1. The first-order valence-corrected chi connectivity index (χ1v) is 12.9. The highest BCUT2D eigenvalue weighted by Gasteiger charge is 2.24. The maximum atomic E-state index is 13.6. The van der Waals surface area contributed by atoms with Crippen LogP contribution in [0.5, 0.6) is 0 Å². The quantitative estimate of drug-likeness (QED) is 0.253. The molecule has 1 amide bonds. The molecule has 1 aliphatic rings. The Morgan fingerprint density at radius 2 is 1.66 bits per heavy atom. The molecule has 0 fully saturated rings. The molecule has 188 valence electrons. The van der Waals surface area contributed by atoms with Crippen molar-refractivity contribution >= 4 is 40.7 Å². The van der Waals surface area contributed by atoms with E-state index in [0.29, 0.717) is 33.4 Å². The molecule has 3 aromatic carbocycles. The van der Waals surface area contributed by atoms with Gasteiger partial charge in [0, 0.05) is 51.5 Å². The predicted octanol–water partition coefficient (Wildman–Crippen LogP) is 6.75. The SMILES string of the molecule is O=C(c1ccc(-c2ccn(C(=O)Cc3ccc(Cl)cc3Cl)n2)cc1)N1Cc2cccn2Cc2ccccc21. The number of amides is 1. The van der Waals surface area contributed by atoms with Gasteiger partial charge in [-0.05, 0) is 59.7 Å². The van der Waals surface area contributed by atoms with E-state index in [1.165, 1.54) is 4.68 Å². The molecule has 0 radical (unpaired) electrons. The van der Waals surface area contributed by atoms with Gasteiger partial charge < -0.3 is 9.47 Å². The first-order chi connectivity index (χ1) is 18.5. The monoisotopic (exact) mass is 540 g/mol. The van der Waals surface area contributed by atoms with Crippen LogP contribution in [0.2, 0.25) is 10.0 Å². The van der Waals surface area contributed by atoms with Crippen molar-refractivity contribution in [2.75, 3.05) is 4.90 Å². The van der Waals surface area contributed by atoms with Crippen LogP contribution >= 0.6 is 23.2 Å². The van der Waals surface area contributed by atoms with Gasteiger partial charge in [-0.3, -0.25) is 9.59 Å². The summed E-state index contributed by atoms with van der Waals surface area (Å²) in [4.78, 5) is 28.2. The summed E-state index contributed by atoms with van der Waals surface area (Å²) in [6.07, 6.45) is 3.78. The van der Waals surface area contributed by atoms with E-state index in [1.807, 2.05) is 53.6 Å². The van der Waals surface area contributed by atoms with Crippen LogP contribution < -0.4 is 4.90 Å². The number of nitrogens with zero attached hydrogens (tertiary/aromatic N) is 4. The van der Waals surface area contributed by atoms with Crippen LogP contribution in [-0.2, 0) is 19.5 Å². The second-order valence-corrected chi connectivity index (χ2v) is 10.0. The number of hydrogen-bond donors (Lipinski definition) is 0. The zero-order chi connectivity index (χ0) is 26.2. The zero-order valence-corrected chi connectivity index (χ0v) is 21.7. The molecular weight excluding hydrogens is 519 g/mol. The van der Waals surface area contributed by atoms with Crippen molar-refractivity contribution in [2.45, 2.75) is 19.5 Å². The summed E-state index contributed by atoms with van der Waals surface area (Å²) in [5.41, 5.74) is 5.81. The molecule has 0 aliphatic carbocycles. The van der Waals surface area contributed by atoms with Crippen molar-refractivity contribution in [3.05, 3.63) is 130 Å². The minimum atomic E-state index is -0.211. The van der Waals surface area contributed by atoms with E-state index in [4.69, 9.17) is 23.2 Å². The lowest BCUT2D eigenvalue weighted by Gasteiger charge is -2.23. The average molecular weight is 541 g/mol. The number of hydrogen-bond acceptors (Lipinski definition) is 3. The Morgan fingerprint density at radius 3 is 2.47 bits per heavy atom. The number of aromatic nitrogens is 3. The highest BCUT2D eigenvalue weighted by Crippen LogP contribution is 2.30. The number of anilines is 1. The van der Waals surface area contributed by atoms with Gasteiger partial charge in [-0.15, -0.1) is 0 Å². The Kier molecular flexibility index (Phi) is 6.35. The minimum Gasteiger partial charge on any atom is -0.345 e. The lowest BCUT2D eigenvalue weighted by atomic mass is 10.1. The van der Waals surface area contributed by atoms with Gasteiger partial charge in [-0.25, -0.2) is 4.68 Å². The molecule has 38 heavy (non-hydrogen) atoms. The van der Waals surface area contributed by atoms with E-state index < -0.39 is 0 Å². The van der Waals surface area contributed by atoms with Gasteiger partial charge in [-0.1, -0.05) is 59.6 Å². The maximum Gasteiger partial charge on any atom is 0.258 e. The fourth-order valence-corrected chi connectivity index (χ4v) is 5.21. The number of halogens is 2. The summed E-state index contributed by atoms with van der Waals surface area (Å²) in [6.45, 7) is 1.22. The molecule has 5 aromatic rings. The zero-order valence-electron chi connectivity index (χ0n) is 20.2. The Morgan fingerprint density at radius 1 is 0.842 bits per heavy atom. The van der Waals surface area contributed by atoms with Crippen molar-refractivity contribution in [3.8, 4) is 11.3 Å². The summed E-state index contributed by atoms with van der Waals surface area (Å²) in [7, 11) is 0. The fraction of sp³-hybridized carbons (Fsp3) is 0.100. The lowest BCUT2D eigenvalue weighted by Crippen LogP contribution is -2.30. The Balaban J connectivity index is 1.21. The Hall–Kier alpha value is -4.13. The van der Waals surface area contributed by atoms with Gasteiger partial charge in [0.15, 0.2) is 0 Å². The van der Waals surface area contributed by atoms with Gasteiger partial charge >= 0.3 is 0 Å². The summed E-state index contributed by atoms with van der Waals surface area (Å²) < 4.78 is 3.48. The summed E-state index contributed by atoms with van der Waals surface area (Å²) in [5, 5.41) is 5.41. The van der Waals surface area contributed by atoms with E-state index in [9.17, 15) is 9.59 Å². The van der Waals surface area contributed by atoms with Crippen LogP contribution in [0.1, 0.15) is 32.0 Å². The van der Waals surface area contributed by atoms with Gasteiger partial charge in [0.2, 0.25) is 0 Å². The average Bonchev–Trinajstić information content (AvgIpc) is 3.56. The molecule has 0 N–H and O–H groups in total. The number of fused-ring (bicyclic) bond motifs is 2. The first kappa shape index (κ1) is 24.2. The molecule has 6 nitrogen and oxygen atoms in total. The van der Waals surface area contributed by atoms with E-state index >= 15 is 0 Å². The summed E-state index contributed by atoms with van der Waals surface area (Å²) in [6, 6.07) is 26.2. The van der Waals surface area contributed by atoms with Crippen molar-refractivity contribution in [1.29, 1.82) is 0 Å². The van der Waals surface area contributed by atoms with E-state index in [2.05, 4.69) is 15.7 Å². The number of rotatable bonds is 4. The summed E-state index contributed by atoms with van der Waals surface area (Å²) in [5.74, 6) is -0.281. The lowest BCUT2D eigenvalue weighted by molar-refractivity contribution is 0.0898. The van der Waals surface area contributed by atoms with Crippen molar-refractivity contribution in [1.82, 2.24) is 14.3 Å². The smallest absolute Gasteiger partial charge is 0.258 e.